The summed E-state index contributed by atoms with van der Waals surface area (Å²) in [5.74, 6) is 0. The van der Waals surface area contributed by atoms with Gasteiger partial charge in [-0.15, -0.1) is 0 Å². The van der Waals surface area contributed by atoms with E-state index in [4.69, 9.17) is 0 Å². The van der Waals surface area contributed by atoms with Crippen LogP contribution in [-0.2, 0) is 0 Å². The molecule has 0 aliphatic carbocycles. The maximum absolute atomic E-state index is 2.46. The lowest BCUT2D eigenvalue weighted by Gasteiger charge is -2.21. The lowest BCUT2D eigenvalue weighted by Crippen LogP contribution is -2.14. The summed E-state index contributed by atoms with van der Waals surface area (Å²) >= 11 is 0. The summed E-state index contributed by atoms with van der Waals surface area (Å²) in [5.41, 5.74) is 2.94. The first kappa shape index (κ1) is 12.3. The van der Waals surface area contributed by atoms with Gasteiger partial charge in [0.05, 0.1) is 0 Å². The van der Waals surface area contributed by atoms with Gasteiger partial charge < -0.3 is 0 Å². The molecule has 0 bridgehead atoms. The third-order valence-electron chi connectivity index (χ3n) is 3.72. The molecule has 3 rings (SSSR count). The summed E-state index contributed by atoms with van der Waals surface area (Å²) in [6.45, 7) is 7.11. The monoisotopic (exact) mass is 272 g/mol. The molecule has 2 aromatic carbocycles. The molecule has 1 heterocycles. The Morgan fingerprint density at radius 2 is 1.50 bits per heavy atom. The summed E-state index contributed by atoms with van der Waals surface area (Å²) in [5, 5.41) is 4.04. The molecule has 92 valence electrons. The van der Waals surface area contributed by atoms with E-state index in [2.05, 4.69) is 68.8 Å². The SMILES string of the molecule is Cc1ccc2c(c1)P(C)C(c1ccccc1)P2C. The van der Waals surface area contributed by atoms with Crippen LogP contribution in [0.1, 0.15) is 16.5 Å². The van der Waals surface area contributed by atoms with E-state index in [9.17, 15) is 0 Å². The lowest BCUT2D eigenvalue weighted by atomic mass is 10.2. The van der Waals surface area contributed by atoms with Crippen molar-refractivity contribution in [3.63, 3.8) is 0 Å². The number of hydrogen-bond acceptors (Lipinski definition) is 0. The molecule has 0 fully saturated rings. The smallest absolute Gasteiger partial charge is 0.0319 e. The molecule has 3 unspecified atom stereocenters. The molecule has 0 amide bonds. The summed E-state index contributed by atoms with van der Waals surface area (Å²) in [6.07, 6.45) is 0. The molecule has 0 spiro atoms. The van der Waals surface area contributed by atoms with Crippen molar-refractivity contribution < 1.29 is 0 Å². The molecule has 1 aliphatic rings. The van der Waals surface area contributed by atoms with Gasteiger partial charge in [0.2, 0.25) is 0 Å². The topological polar surface area (TPSA) is 0 Å². The number of benzene rings is 2. The van der Waals surface area contributed by atoms with Crippen LogP contribution in [-0.4, -0.2) is 13.3 Å². The molecule has 3 atom stereocenters. The van der Waals surface area contributed by atoms with Gasteiger partial charge in [-0.2, -0.15) is 0 Å². The fourth-order valence-corrected chi connectivity index (χ4v) is 9.93. The average molecular weight is 272 g/mol. The molecular formula is C16H18P2. The van der Waals surface area contributed by atoms with E-state index >= 15 is 0 Å². The molecule has 2 aromatic rings. The van der Waals surface area contributed by atoms with Crippen LogP contribution in [0.2, 0.25) is 0 Å². The van der Waals surface area contributed by atoms with Gasteiger partial charge in [0.15, 0.2) is 0 Å². The van der Waals surface area contributed by atoms with E-state index in [-0.39, 0.29) is 15.8 Å². The Kier molecular flexibility index (Phi) is 3.27. The first-order valence-electron chi connectivity index (χ1n) is 6.30. The Labute approximate surface area is 112 Å². The molecule has 0 saturated heterocycles. The van der Waals surface area contributed by atoms with E-state index in [0.29, 0.717) is 0 Å². The molecular weight excluding hydrogens is 254 g/mol. The second-order valence-corrected chi connectivity index (χ2v) is 9.85. The Hall–Kier alpha value is -0.700. The molecule has 2 heteroatoms. The highest BCUT2D eigenvalue weighted by atomic mass is 31.2. The van der Waals surface area contributed by atoms with Crippen molar-refractivity contribution in [2.24, 2.45) is 0 Å². The summed E-state index contributed by atoms with van der Waals surface area (Å²) in [7, 11) is -0.0908. The summed E-state index contributed by atoms with van der Waals surface area (Å²) < 4.78 is 0. The quantitative estimate of drug-likeness (QED) is 0.683. The minimum atomic E-state index is -0.0473. The van der Waals surface area contributed by atoms with Gasteiger partial charge >= 0.3 is 0 Å². The Morgan fingerprint density at radius 1 is 0.833 bits per heavy atom. The number of aryl methyl sites for hydroxylation is 1. The molecule has 1 aliphatic heterocycles. The Morgan fingerprint density at radius 3 is 2.22 bits per heavy atom. The predicted molar refractivity (Wildman–Crippen MR) is 85.3 cm³/mol. The summed E-state index contributed by atoms with van der Waals surface area (Å²) in [6, 6.07) is 18.1. The van der Waals surface area contributed by atoms with Gasteiger partial charge in [-0.05, 0) is 36.4 Å². The highest BCUT2D eigenvalue weighted by molar-refractivity contribution is 7.87. The Bertz CT molecular complexity index is 563. The number of fused-ring (bicyclic) bond motifs is 1. The fraction of sp³-hybridized carbons (Fsp3) is 0.250. The largest absolute Gasteiger partial charge is 0.0654 e. The van der Waals surface area contributed by atoms with Crippen LogP contribution >= 0.6 is 15.8 Å². The maximum Gasteiger partial charge on any atom is 0.0319 e. The van der Waals surface area contributed by atoms with Crippen molar-refractivity contribution in [2.75, 3.05) is 13.3 Å². The maximum atomic E-state index is 2.46. The third-order valence-corrected chi connectivity index (χ3v) is 10.3. The standard InChI is InChI=1S/C16H18P2/c1-12-9-10-14-15(11-12)18(3)16(17(14)2)13-7-5-4-6-8-13/h4-11,16H,1-3H3. The van der Waals surface area contributed by atoms with Crippen molar-refractivity contribution in [2.45, 2.75) is 12.3 Å². The van der Waals surface area contributed by atoms with Gasteiger partial charge in [-0.3, -0.25) is 0 Å². The zero-order chi connectivity index (χ0) is 12.7. The van der Waals surface area contributed by atoms with Gasteiger partial charge in [-0.1, -0.05) is 69.9 Å². The zero-order valence-electron chi connectivity index (χ0n) is 11.1. The zero-order valence-corrected chi connectivity index (χ0v) is 12.9. The van der Waals surface area contributed by atoms with Crippen molar-refractivity contribution in [3.8, 4) is 0 Å². The second-order valence-electron chi connectivity index (χ2n) is 5.00. The van der Waals surface area contributed by atoms with E-state index < -0.39 is 0 Å². The molecule has 0 saturated carbocycles. The Balaban J connectivity index is 2.07. The molecule has 18 heavy (non-hydrogen) atoms. The number of rotatable bonds is 1. The van der Waals surface area contributed by atoms with Crippen molar-refractivity contribution >= 4 is 26.5 Å². The minimum absolute atomic E-state index is 0.0435. The van der Waals surface area contributed by atoms with Gasteiger partial charge in [-0.25, -0.2) is 0 Å². The predicted octanol–water partition coefficient (Wildman–Crippen LogP) is 4.18. The molecule has 0 aromatic heterocycles. The third kappa shape index (κ3) is 1.93. The van der Waals surface area contributed by atoms with Crippen molar-refractivity contribution in [3.05, 3.63) is 59.7 Å². The number of hydrogen-bond donors (Lipinski definition) is 0. The van der Waals surface area contributed by atoms with E-state index in [0.717, 1.165) is 5.40 Å². The van der Waals surface area contributed by atoms with Gasteiger partial charge in [0.25, 0.3) is 0 Å². The summed E-state index contributed by atoms with van der Waals surface area (Å²) in [4.78, 5) is 0. The highest BCUT2D eigenvalue weighted by Gasteiger charge is 2.35. The van der Waals surface area contributed by atoms with Crippen LogP contribution in [0.5, 0.6) is 0 Å². The van der Waals surface area contributed by atoms with Crippen LogP contribution in [0, 0.1) is 6.92 Å². The van der Waals surface area contributed by atoms with Crippen molar-refractivity contribution in [1.82, 2.24) is 0 Å². The van der Waals surface area contributed by atoms with Crippen LogP contribution < -0.4 is 10.6 Å². The second kappa shape index (κ2) is 4.76. The first-order chi connectivity index (χ1) is 8.68. The lowest BCUT2D eigenvalue weighted by molar-refractivity contribution is 1.35. The highest BCUT2D eigenvalue weighted by Crippen LogP contribution is 2.68. The molecule has 0 radical (unpaired) electrons. The van der Waals surface area contributed by atoms with Crippen molar-refractivity contribution in [1.29, 1.82) is 0 Å². The van der Waals surface area contributed by atoms with Gasteiger partial charge in [0, 0.05) is 5.40 Å². The van der Waals surface area contributed by atoms with Crippen LogP contribution in [0.4, 0.5) is 0 Å². The average Bonchev–Trinajstić information content (AvgIpc) is 2.63. The van der Waals surface area contributed by atoms with E-state index in [1.807, 2.05) is 0 Å². The first-order valence-corrected chi connectivity index (χ1v) is 10.0. The van der Waals surface area contributed by atoms with Gasteiger partial charge in [0.1, 0.15) is 0 Å². The van der Waals surface area contributed by atoms with Crippen LogP contribution in [0.3, 0.4) is 0 Å². The van der Waals surface area contributed by atoms with Crippen LogP contribution in [0.25, 0.3) is 0 Å². The van der Waals surface area contributed by atoms with E-state index in [1.54, 1.807) is 10.6 Å². The minimum Gasteiger partial charge on any atom is -0.0654 e. The normalized spacial score (nSPS) is 26.1. The molecule has 0 nitrogen and oxygen atoms in total. The molecule has 0 N–H and O–H groups in total. The fourth-order valence-electron chi connectivity index (χ4n) is 2.81. The van der Waals surface area contributed by atoms with Crippen LogP contribution in [0.15, 0.2) is 48.5 Å². The van der Waals surface area contributed by atoms with E-state index in [1.165, 1.54) is 11.1 Å².